The van der Waals surface area contributed by atoms with Crippen molar-refractivity contribution in [3.63, 3.8) is 0 Å². The zero-order valence-electron chi connectivity index (χ0n) is 15.5. The molecule has 148 valence electrons. The van der Waals surface area contributed by atoms with Gasteiger partial charge in [-0.25, -0.2) is 19.9 Å². The molecule has 0 radical (unpaired) electrons. The number of aromatic nitrogens is 4. The molecule has 0 aliphatic carbocycles. The van der Waals surface area contributed by atoms with Crippen molar-refractivity contribution in [3.8, 4) is 0 Å². The Labute approximate surface area is 159 Å². The first kappa shape index (κ1) is 20.9. The van der Waals surface area contributed by atoms with Crippen molar-refractivity contribution >= 4 is 11.9 Å². The van der Waals surface area contributed by atoms with E-state index in [1.165, 1.54) is 0 Å². The van der Waals surface area contributed by atoms with Crippen molar-refractivity contribution in [3.05, 3.63) is 36.9 Å². The van der Waals surface area contributed by atoms with Gasteiger partial charge in [-0.15, -0.1) is 0 Å². The summed E-state index contributed by atoms with van der Waals surface area (Å²) in [7, 11) is 0. The topological polar surface area (TPSA) is 103 Å². The van der Waals surface area contributed by atoms with Gasteiger partial charge in [-0.05, 0) is 25.0 Å². The Kier molecular flexibility index (Phi) is 11.5. The predicted molar refractivity (Wildman–Crippen MR) is 103 cm³/mol. The molecule has 0 unspecified atom stereocenters. The van der Waals surface area contributed by atoms with Gasteiger partial charge >= 0.3 is 0 Å². The molecule has 0 aromatic carbocycles. The highest BCUT2D eigenvalue weighted by Crippen LogP contribution is 1.95. The summed E-state index contributed by atoms with van der Waals surface area (Å²) < 4.78 is 16.5. The quantitative estimate of drug-likeness (QED) is 0.423. The van der Waals surface area contributed by atoms with Crippen LogP contribution in [0.3, 0.4) is 0 Å². The molecule has 9 nitrogen and oxygen atoms in total. The zero-order valence-corrected chi connectivity index (χ0v) is 15.5. The van der Waals surface area contributed by atoms with Gasteiger partial charge < -0.3 is 24.8 Å². The summed E-state index contributed by atoms with van der Waals surface area (Å²) in [4.78, 5) is 16.4. The molecule has 2 aromatic rings. The summed E-state index contributed by atoms with van der Waals surface area (Å²) in [6.45, 7) is 5.24. The fraction of sp³-hybridized carbons (Fsp3) is 0.556. The van der Waals surface area contributed by atoms with Crippen LogP contribution >= 0.6 is 0 Å². The SMILES string of the molecule is c1cnc(NCCCOCCOCCOCCCNc2ncccn2)nc1. The first-order valence-corrected chi connectivity index (χ1v) is 9.20. The van der Waals surface area contributed by atoms with Crippen LogP contribution < -0.4 is 10.6 Å². The van der Waals surface area contributed by atoms with Crippen LogP contribution in [0, 0.1) is 0 Å². The van der Waals surface area contributed by atoms with E-state index in [-0.39, 0.29) is 0 Å². The van der Waals surface area contributed by atoms with Crippen molar-refractivity contribution in [1.82, 2.24) is 19.9 Å². The van der Waals surface area contributed by atoms with Gasteiger partial charge in [-0.3, -0.25) is 0 Å². The van der Waals surface area contributed by atoms with Crippen LogP contribution in [-0.2, 0) is 14.2 Å². The second-order valence-corrected chi connectivity index (χ2v) is 5.54. The minimum Gasteiger partial charge on any atom is -0.379 e. The van der Waals surface area contributed by atoms with Gasteiger partial charge in [-0.2, -0.15) is 0 Å². The van der Waals surface area contributed by atoms with Crippen molar-refractivity contribution < 1.29 is 14.2 Å². The molecule has 2 N–H and O–H groups in total. The number of anilines is 2. The van der Waals surface area contributed by atoms with E-state index in [0.29, 0.717) is 51.5 Å². The highest BCUT2D eigenvalue weighted by Gasteiger charge is 1.95. The smallest absolute Gasteiger partial charge is 0.222 e. The van der Waals surface area contributed by atoms with Crippen molar-refractivity contribution in [2.75, 3.05) is 63.4 Å². The average Bonchev–Trinajstić information content (AvgIpc) is 2.72. The number of hydrogen-bond donors (Lipinski definition) is 2. The fourth-order valence-corrected chi connectivity index (χ4v) is 2.07. The minimum atomic E-state index is 0.575. The second-order valence-electron chi connectivity index (χ2n) is 5.54. The summed E-state index contributed by atoms with van der Waals surface area (Å²) in [5.74, 6) is 1.29. The average molecular weight is 376 g/mol. The number of nitrogens with one attached hydrogen (secondary N) is 2. The maximum atomic E-state index is 5.51. The van der Waals surface area contributed by atoms with Crippen molar-refractivity contribution in [1.29, 1.82) is 0 Å². The van der Waals surface area contributed by atoms with Crippen LogP contribution in [0.15, 0.2) is 36.9 Å². The minimum absolute atomic E-state index is 0.575. The lowest BCUT2D eigenvalue weighted by molar-refractivity contribution is 0.0145. The molecule has 0 aliphatic heterocycles. The van der Waals surface area contributed by atoms with E-state index >= 15 is 0 Å². The van der Waals surface area contributed by atoms with E-state index in [4.69, 9.17) is 14.2 Å². The maximum absolute atomic E-state index is 5.51. The summed E-state index contributed by atoms with van der Waals surface area (Å²) in [6.07, 6.45) is 8.63. The zero-order chi connectivity index (χ0) is 18.8. The molecule has 27 heavy (non-hydrogen) atoms. The summed E-state index contributed by atoms with van der Waals surface area (Å²) in [6, 6.07) is 3.58. The third-order valence-electron chi connectivity index (χ3n) is 3.37. The number of nitrogens with zero attached hydrogens (tertiary/aromatic N) is 4. The summed E-state index contributed by atoms with van der Waals surface area (Å²) in [5, 5.41) is 6.26. The van der Waals surface area contributed by atoms with E-state index in [1.54, 1.807) is 36.9 Å². The number of rotatable bonds is 16. The Morgan fingerprint density at radius 3 is 1.33 bits per heavy atom. The van der Waals surface area contributed by atoms with Gasteiger partial charge in [-0.1, -0.05) is 0 Å². The molecule has 0 bridgehead atoms. The third kappa shape index (κ3) is 11.1. The molecule has 2 heterocycles. The molecular formula is C18H28N6O3. The van der Waals surface area contributed by atoms with E-state index in [9.17, 15) is 0 Å². The van der Waals surface area contributed by atoms with Gasteiger partial charge in [0, 0.05) is 51.1 Å². The van der Waals surface area contributed by atoms with Gasteiger partial charge in [0.25, 0.3) is 0 Å². The van der Waals surface area contributed by atoms with Crippen LogP contribution in [0.5, 0.6) is 0 Å². The summed E-state index contributed by atoms with van der Waals surface area (Å²) >= 11 is 0. The standard InChI is InChI=1S/C18H28N6O3/c1-5-19-17(20-6-1)23-9-3-11-25-13-15-27-16-14-26-12-4-10-24-18-21-7-2-8-22-18/h1-2,5-8H,3-4,9-16H2,(H,19,20,23)(H,21,22,24). The second kappa shape index (κ2) is 14.8. The monoisotopic (exact) mass is 376 g/mol. The lowest BCUT2D eigenvalue weighted by Crippen LogP contribution is -2.13. The van der Waals surface area contributed by atoms with E-state index in [0.717, 1.165) is 25.9 Å². The van der Waals surface area contributed by atoms with Crippen LogP contribution in [0.4, 0.5) is 11.9 Å². The Hall–Kier alpha value is -2.36. The molecule has 0 saturated heterocycles. The van der Waals surface area contributed by atoms with Crippen molar-refractivity contribution in [2.45, 2.75) is 12.8 Å². The number of hydrogen-bond acceptors (Lipinski definition) is 9. The van der Waals surface area contributed by atoms with Crippen LogP contribution in [0.25, 0.3) is 0 Å². The van der Waals surface area contributed by atoms with Gasteiger partial charge in [0.05, 0.1) is 26.4 Å². The molecule has 0 amide bonds. The van der Waals surface area contributed by atoms with E-state index < -0.39 is 0 Å². The van der Waals surface area contributed by atoms with Gasteiger partial charge in [0.1, 0.15) is 0 Å². The molecule has 0 spiro atoms. The molecule has 2 aromatic heterocycles. The molecule has 0 atom stereocenters. The van der Waals surface area contributed by atoms with Crippen LogP contribution in [-0.4, -0.2) is 72.7 Å². The Morgan fingerprint density at radius 1 is 0.556 bits per heavy atom. The lowest BCUT2D eigenvalue weighted by Gasteiger charge is -2.08. The first-order chi connectivity index (χ1) is 13.4. The Bertz CT molecular complexity index is 524. The largest absolute Gasteiger partial charge is 0.379 e. The number of ether oxygens (including phenoxy) is 3. The van der Waals surface area contributed by atoms with Crippen LogP contribution in [0.2, 0.25) is 0 Å². The summed E-state index contributed by atoms with van der Waals surface area (Å²) in [5.41, 5.74) is 0. The Morgan fingerprint density at radius 2 is 0.926 bits per heavy atom. The molecule has 9 heteroatoms. The van der Waals surface area contributed by atoms with Gasteiger partial charge in [0.2, 0.25) is 11.9 Å². The molecule has 0 saturated carbocycles. The highest BCUT2D eigenvalue weighted by molar-refractivity contribution is 5.22. The van der Waals surface area contributed by atoms with E-state index in [2.05, 4.69) is 30.6 Å². The lowest BCUT2D eigenvalue weighted by atomic mass is 10.4. The highest BCUT2D eigenvalue weighted by atomic mass is 16.5. The van der Waals surface area contributed by atoms with E-state index in [1.807, 2.05) is 0 Å². The third-order valence-corrected chi connectivity index (χ3v) is 3.37. The van der Waals surface area contributed by atoms with Crippen LogP contribution in [0.1, 0.15) is 12.8 Å². The van der Waals surface area contributed by atoms with Gasteiger partial charge in [0.15, 0.2) is 0 Å². The molecular weight excluding hydrogens is 348 g/mol. The molecule has 0 aliphatic rings. The normalized spacial score (nSPS) is 10.7. The Balaban J connectivity index is 1.26. The molecule has 2 rings (SSSR count). The first-order valence-electron chi connectivity index (χ1n) is 9.20. The fourth-order valence-electron chi connectivity index (χ4n) is 2.07. The van der Waals surface area contributed by atoms with Crippen molar-refractivity contribution in [2.24, 2.45) is 0 Å². The molecule has 0 fully saturated rings. The predicted octanol–water partition coefficient (Wildman–Crippen LogP) is 1.62. The maximum Gasteiger partial charge on any atom is 0.222 e.